The number of hydrogen-bond donors (Lipinski definition) is 1. The molecule has 0 radical (unpaired) electrons. The molecule has 0 amide bonds. The fraction of sp³-hybridized carbons (Fsp3) is 0.393. The van der Waals surface area contributed by atoms with Crippen LogP contribution in [0.4, 0.5) is 18.2 Å². The average Bonchev–Trinajstić information content (AvgIpc) is 3.49. The van der Waals surface area contributed by atoms with Crippen LogP contribution in [0, 0.1) is 23.0 Å². The number of hydrogen-bond acceptors (Lipinski definition) is 7. The molecule has 6 nitrogen and oxygen atoms in total. The van der Waals surface area contributed by atoms with Crippen molar-refractivity contribution in [2.75, 3.05) is 25.4 Å². The number of ether oxygens (including phenoxy) is 1. The molecule has 3 fully saturated rings. The number of fused-ring (bicyclic) bond motifs is 3. The van der Waals surface area contributed by atoms with Crippen molar-refractivity contribution in [1.29, 1.82) is 5.26 Å². The van der Waals surface area contributed by atoms with Gasteiger partial charge in [0.25, 0.3) is 0 Å². The van der Waals surface area contributed by atoms with Gasteiger partial charge in [-0.05, 0) is 49.9 Å². The first-order valence-electron chi connectivity index (χ1n) is 12.9. The van der Waals surface area contributed by atoms with Crippen molar-refractivity contribution in [3.8, 4) is 23.2 Å². The lowest BCUT2D eigenvalue weighted by atomic mass is 9.95. The lowest BCUT2D eigenvalue weighted by Gasteiger charge is -2.30. The summed E-state index contributed by atoms with van der Waals surface area (Å²) in [6, 6.07) is 6.31. The zero-order chi connectivity index (χ0) is 27.1. The second kappa shape index (κ2) is 8.95. The number of aromatic nitrogens is 2. The molecule has 7 rings (SSSR count). The molecule has 4 heterocycles. The summed E-state index contributed by atoms with van der Waals surface area (Å²) in [5, 5.41) is 10.7. The third-order valence-corrected chi connectivity index (χ3v) is 9.61. The van der Waals surface area contributed by atoms with E-state index in [0.29, 0.717) is 24.0 Å². The number of alkyl halides is 1. The monoisotopic (exact) mass is 569 g/mol. The first-order valence-corrected chi connectivity index (χ1v) is 14.1. The lowest BCUT2D eigenvalue weighted by molar-refractivity contribution is 0.107. The van der Waals surface area contributed by atoms with Crippen LogP contribution in [0.5, 0.6) is 6.01 Å². The summed E-state index contributed by atoms with van der Waals surface area (Å²) in [5.41, 5.74) is 6.65. The van der Waals surface area contributed by atoms with Crippen molar-refractivity contribution in [3.63, 3.8) is 0 Å². The molecule has 11 heteroatoms. The van der Waals surface area contributed by atoms with Crippen molar-refractivity contribution in [2.45, 2.75) is 49.7 Å². The van der Waals surface area contributed by atoms with Crippen LogP contribution in [0.1, 0.15) is 49.3 Å². The molecule has 39 heavy (non-hydrogen) atoms. The van der Waals surface area contributed by atoms with Crippen LogP contribution in [0.2, 0.25) is 5.02 Å². The quantitative estimate of drug-likeness (QED) is 0.287. The van der Waals surface area contributed by atoms with E-state index in [9.17, 15) is 14.0 Å². The van der Waals surface area contributed by atoms with E-state index in [1.54, 1.807) is 6.07 Å². The summed E-state index contributed by atoms with van der Waals surface area (Å²) in [4.78, 5) is 11.3. The molecular formula is C28H23ClF3N5OS. The number of thiophene rings is 1. The van der Waals surface area contributed by atoms with Crippen LogP contribution >= 0.6 is 22.9 Å². The van der Waals surface area contributed by atoms with Crippen molar-refractivity contribution in [3.05, 3.63) is 46.1 Å². The number of nitrogens with zero attached hydrogens (tertiary/aromatic N) is 4. The minimum absolute atomic E-state index is 0.00601. The fourth-order valence-electron chi connectivity index (χ4n) is 6.33. The second-order valence-corrected chi connectivity index (χ2v) is 12.2. The van der Waals surface area contributed by atoms with Gasteiger partial charge in [-0.25, -0.2) is 13.2 Å². The molecule has 0 bridgehead atoms. The molecule has 4 aromatic rings. The van der Waals surface area contributed by atoms with Crippen LogP contribution in [0.25, 0.3) is 32.1 Å². The molecule has 1 aliphatic carbocycles. The summed E-state index contributed by atoms with van der Waals surface area (Å²) in [7, 11) is 0. The van der Waals surface area contributed by atoms with Gasteiger partial charge in [-0.15, -0.1) is 11.3 Å². The van der Waals surface area contributed by atoms with Gasteiger partial charge in [-0.1, -0.05) is 17.7 Å². The maximum absolute atomic E-state index is 16.4. The molecule has 2 N–H and O–H groups in total. The minimum atomic E-state index is -0.896. The van der Waals surface area contributed by atoms with E-state index in [1.165, 1.54) is 12.1 Å². The lowest BCUT2D eigenvalue weighted by Crippen LogP contribution is -2.43. The molecule has 2 aromatic carbocycles. The van der Waals surface area contributed by atoms with Crippen LogP contribution in [-0.2, 0) is 0 Å². The van der Waals surface area contributed by atoms with E-state index in [1.807, 2.05) is 6.07 Å². The third-order valence-electron chi connectivity index (χ3n) is 8.29. The van der Waals surface area contributed by atoms with Crippen molar-refractivity contribution >= 4 is 48.9 Å². The Kier molecular flexibility index (Phi) is 5.71. The molecule has 2 aliphatic heterocycles. The van der Waals surface area contributed by atoms with E-state index in [2.05, 4.69) is 14.9 Å². The van der Waals surface area contributed by atoms with Gasteiger partial charge in [0, 0.05) is 35.2 Å². The molecule has 3 aliphatic rings. The Labute approximate surface area is 231 Å². The Bertz CT molecular complexity index is 1720. The number of rotatable bonds is 5. The molecule has 2 atom stereocenters. The van der Waals surface area contributed by atoms with E-state index in [0.717, 1.165) is 43.6 Å². The summed E-state index contributed by atoms with van der Waals surface area (Å²) >= 11 is 7.61. The van der Waals surface area contributed by atoms with Crippen LogP contribution in [0.15, 0.2) is 18.2 Å². The SMILES string of the molecule is N#Cc1c(N)sc2c(F)ccc(-c3c(Cl)cc4c(C5CC5)nc(OC[C@@]56CCCN5C[C@H](F)C6)nc4c3F)c12. The van der Waals surface area contributed by atoms with Crippen LogP contribution < -0.4 is 10.5 Å². The molecular weight excluding hydrogens is 547 g/mol. The Morgan fingerprint density at radius 1 is 1.28 bits per heavy atom. The first kappa shape index (κ1) is 24.9. The highest BCUT2D eigenvalue weighted by Crippen LogP contribution is 2.48. The van der Waals surface area contributed by atoms with Crippen molar-refractivity contribution in [2.24, 2.45) is 0 Å². The number of halogens is 4. The zero-order valence-corrected chi connectivity index (χ0v) is 22.3. The van der Waals surface area contributed by atoms with Gasteiger partial charge in [0.2, 0.25) is 0 Å². The summed E-state index contributed by atoms with van der Waals surface area (Å²) < 4.78 is 51.6. The van der Waals surface area contributed by atoms with Gasteiger partial charge in [0.1, 0.15) is 35.2 Å². The van der Waals surface area contributed by atoms with Gasteiger partial charge in [-0.2, -0.15) is 15.2 Å². The van der Waals surface area contributed by atoms with E-state index in [4.69, 9.17) is 22.1 Å². The van der Waals surface area contributed by atoms with E-state index < -0.39 is 23.3 Å². The standard InChI is InChI=1S/C28H23ClF3N5OS/c29-18-8-16-23(13-2-3-13)35-27(38-12-28-6-1-7-37(28)11-14(30)9-28)36-24(16)22(32)21(18)15-4-5-19(31)25-20(15)17(10-33)26(34)39-25/h4-5,8,13-14H,1-3,6-7,9,11-12,34H2/t14-,28+/m1/s1. The Morgan fingerprint density at radius 3 is 2.87 bits per heavy atom. The molecule has 2 aromatic heterocycles. The van der Waals surface area contributed by atoms with Crippen molar-refractivity contribution in [1.82, 2.24) is 14.9 Å². The van der Waals surface area contributed by atoms with Crippen LogP contribution in [-0.4, -0.2) is 46.3 Å². The Morgan fingerprint density at radius 2 is 2.10 bits per heavy atom. The summed E-state index contributed by atoms with van der Waals surface area (Å²) in [6.45, 7) is 1.45. The number of benzene rings is 2. The van der Waals surface area contributed by atoms with Crippen molar-refractivity contribution < 1.29 is 17.9 Å². The molecule has 0 unspecified atom stereocenters. The van der Waals surface area contributed by atoms with E-state index in [-0.39, 0.29) is 60.9 Å². The maximum Gasteiger partial charge on any atom is 0.317 e. The highest BCUT2D eigenvalue weighted by Gasteiger charge is 2.49. The number of nitrogen functional groups attached to an aromatic ring is 1. The number of anilines is 1. The number of nitrogens with two attached hydrogens (primary N) is 1. The predicted octanol–water partition coefficient (Wildman–Crippen LogP) is 6.73. The van der Waals surface area contributed by atoms with Gasteiger partial charge in [0.15, 0.2) is 5.82 Å². The summed E-state index contributed by atoms with van der Waals surface area (Å²) in [5.74, 6) is -1.12. The minimum Gasteiger partial charge on any atom is -0.461 e. The highest BCUT2D eigenvalue weighted by atomic mass is 35.5. The van der Waals surface area contributed by atoms with Gasteiger partial charge >= 0.3 is 6.01 Å². The van der Waals surface area contributed by atoms with Gasteiger partial charge in [-0.3, -0.25) is 4.90 Å². The average molecular weight is 570 g/mol. The summed E-state index contributed by atoms with van der Waals surface area (Å²) in [6.07, 6.45) is 3.12. The molecule has 0 spiro atoms. The first-order chi connectivity index (χ1) is 18.8. The maximum atomic E-state index is 16.4. The number of nitriles is 1. The van der Waals surface area contributed by atoms with E-state index >= 15 is 4.39 Å². The Balaban J connectivity index is 1.37. The normalized spacial score (nSPS) is 23.0. The molecule has 1 saturated carbocycles. The fourth-order valence-corrected chi connectivity index (χ4v) is 7.58. The predicted molar refractivity (Wildman–Crippen MR) is 145 cm³/mol. The van der Waals surface area contributed by atoms with Gasteiger partial charge < -0.3 is 10.5 Å². The topological polar surface area (TPSA) is 88.1 Å². The molecule has 200 valence electrons. The third kappa shape index (κ3) is 3.85. The van der Waals surface area contributed by atoms with Gasteiger partial charge in [0.05, 0.1) is 26.5 Å². The second-order valence-electron chi connectivity index (χ2n) is 10.7. The highest BCUT2D eigenvalue weighted by molar-refractivity contribution is 7.23. The zero-order valence-electron chi connectivity index (χ0n) is 20.7. The largest absolute Gasteiger partial charge is 0.461 e. The Hall–Kier alpha value is -3.13. The molecule has 2 saturated heterocycles. The van der Waals surface area contributed by atoms with Crippen LogP contribution in [0.3, 0.4) is 0 Å². The smallest absolute Gasteiger partial charge is 0.317 e.